The maximum Gasteiger partial charge on any atom is 0.197 e. The number of aryl methyl sites for hydroxylation is 2. The summed E-state index contributed by atoms with van der Waals surface area (Å²) in [5.41, 5.74) is 12.4. The van der Waals surface area contributed by atoms with Gasteiger partial charge in [0.25, 0.3) is 0 Å². The molecule has 2 aliphatic rings. The van der Waals surface area contributed by atoms with Crippen LogP contribution in [0.1, 0.15) is 62.4 Å². The molecule has 0 saturated heterocycles. The van der Waals surface area contributed by atoms with Crippen LogP contribution in [0.5, 0.6) is 0 Å². The van der Waals surface area contributed by atoms with Crippen LogP contribution in [0, 0.1) is 13.8 Å². The topological polar surface area (TPSA) is 37.4 Å². The minimum atomic E-state index is -0.363. The maximum atomic E-state index is 13.3. The Hall–Kier alpha value is -4.96. The first kappa shape index (κ1) is 26.9. The van der Waals surface area contributed by atoms with Crippen LogP contribution in [0.2, 0.25) is 0 Å². The third-order valence-electron chi connectivity index (χ3n) is 8.96. The Balaban J connectivity index is 1.41. The van der Waals surface area contributed by atoms with Gasteiger partial charge in [0.1, 0.15) is 7.85 Å². The predicted octanol–water partition coefficient (Wildman–Crippen LogP) is 8.34. The lowest BCUT2D eigenvalue weighted by Crippen LogP contribution is -2.30. The maximum absolute atomic E-state index is 13.3. The van der Waals surface area contributed by atoms with Gasteiger partial charge < -0.3 is 4.90 Å². The molecule has 0 saturated carbocycles. The Labute approximate surface area is 253 Å². The van der Waals surface area contributed by atoms with Crippen LogP contribution < -0.4 is 10.4 Å². The zero-order valence-corrected chi connectivity index (χ0v) is 24.7. The van der Waals surface area contributed by atoms with Gasteiger partial charge in [-0.1, -0.05) is 86.0 Å². The molecule has 2 radical (unpaired) electrons. The molecule has 0 fully saturated rings. The van der Waals surface area contributed by atoms with Crippen molar-refractivity contribution < 1.29 is 9.59 Å². The van der Waals surface area contributed by atoms with Crippen LogP contribution in [-0.4, -0.2) is 19.4 Å². The minimum absolute atomic E-state index is 0.173. The van der Waals surface area contributed by atoms with E-state index in [4.69, 9.17) is 7.85 Å². The number of fused-ring (bicyclic) bond motifs is 3. The Morgan fingerprint density at radius 1 is 0.674 bits per heavy atom. The third kappa shape index (κ3) is 4.20. The van der Waals surface area contributed by atoms with Crippen molar-refractivity contribution >= 4 is 48.0 Å². The van der Waals surface area contributed by atoms with Gasteiger partial charge in [0.15, 0.2) is 11.6 Å². The minimum Gasteiger partial charge on any atom is -0.310 e. The molecule has 0 N–H and O–H groups in total. The summed E-state index contributed by atoms with van der Waals surface area (Å²) in [6.45, 7) is 8.83. The van der Waals surface area contributed by atoms with Gasteiger partial charge in [-0.3, -0.25) is 9.59 Å². The lowest BCUT2D eigenvalue weighted by Gasteiger charge is -2.42. The molecule has 0 bridgehead atoms. The van der Waals surface area contributed by atoms with Crippen LogP contribution in [-0.2, 0) is 5.41 Å². The highest BCUT2D eigenvalue weighted by atomic mass is 16.2. The molecule has 206 valence electrons. The van der Waals surface area contributed by atoms with Crippen molar-refractivity contribution in [1.29, 1.82) is 0 Å². The monoisotopic (exact) mass is 555 g/mol. The van der Waals surface area contributed by atoms with Gasteiger partial charge in [0.2, 0.25) is 0 Å². The fraction of sp³-hybridized carbons (Fsp3) is 0.128. The van der Waals surface area contributed by atoms with Crippen LogP contribution in [0.3, 0.4) is 0 Å². The van der Waals surface area contributed by atoms with E-state index in [0.29, 0.717) is 16.6 Å². The summed E-state index contributed by atoms with van der Waals surface area (Å²) in [7, 11) is 5.92. The standard InChI is InChI=1S/C39H30BNO2/c1-23-9-8-10-24(2)36(23)26-14-18-35-33(21-26)39(3,4)32-20-25(13-17-34(32)41(35)28-11-6-5-7-12-28)19-31-37(42)29-16-15-27(40)22-30(29)38(31)43/h5-22H,1-4H3/b31-19-. The number of hydrogen-bond acceptors (Lipinski definition) is 3. The van der Waals surface area contributed by atoms with Crippen molar-refractivity contribution in [2.24, 2.45) is 0 Å². The molecule has 4 heteroatoms. The second-order valence-corrected chi connectivity index (χ2v) is 12.1. The Kier molecular flexibility index (Phi) is 6.14. The van der Waals surface area contributed by atoms with E-state index in [1.807, 2.05) is 12.1 Å². The Morgan fingerprint density at radius 3 is 2.05 bits per heavy atom. The van der Waals surface area contributed by atoms with Crippen LogP contribution in [0.25, 0.3) is 17.2 Å². The van der Waals surface area contributed by atoms with E-state index >= 15 is 0 Å². The fourth-order valence-corrected chi connectivity index (χ4v) is 6.76. The smallest absolute Gasteiger partial charge is 0.197 e. The first-order valence-electron chi connectivity index (χ1n) is 14.6. The summed E-state index contributed by atoms with van der Waals surface area (Å²) in [6, 6.07) is 34.7. The number of Topliss-reactive ketones (excluding diaryl/α,β-unsaturated/α-hetero) is 2. The quantitative estimate of drug-likeness (QED) is 0.128. The zero-order chi connectivity index (χ0) is 30.0. The number of hydrogen-bond donors (Lipinski definition) is 0. The van der Waals surface area contributed by atoms with Gasteiger partial charge in [-0.2, -0.15) is 0 Å². The first-order valence-corrected chi connectivity index (χ1v) is 14.6. The molecule has 0 spiro atoms. The van der Waals surface area contributed by atoms with E-state index in [-0.39, 0.29) is 22.6 Å². The van der Waals surface area contributed by atoms with Crippen molar-refractivity contribution in [2.45, 2.75) is 33.1 Å². The molecule has 0 atom stereocenters. The molecular weight excluding hydrogens is 525 g/mol. The normalized spacial score (nSPS) is 15.8. The molecule has 0 unspecified atom stereocenters. The number of ketones is 2. The lowest BCUT2D eigenvalue weighted by atomic mass is 9.72. The first-order chi connectivity index (χ1) is 20.6. The number of benzene rings is 5. The van der Waals surface area contributed by atoms with E-state index in [1.165, 1.54) is 27.8 Å². The number of carbonyl (C=O) groups excluding carboxylic acids is 2. The number of para-hydroxylation sites is 1. The van der Waals surface area contributed by atoms with Gasteiger partial charge in [-0.15, -0.1) is 0 Å². The van der Waals surface area contributed by atoms with Gasteiger partial charge in [0.05, 0.1) is 16.9 Å². The number of carbonyl (C=O) groups is 2. The van der Waals surface area contributed by atoms with Crippen molar-refractivity contribution in [3.8, 4) is 11.1 Å². The number of nitrogens with zero attached hydrogens (tertiary/aromatic N) is 1. The van der Waals surface area contributed by atoms with Crippen molar-refractivity contribution in [3.63, 3.8) is 0 Å². The van der Waals surface area contributed by atoms with E-state index < -0.39 is 0 Å². The summed E-state index contributed by atoms with van der Waals surface area (Å²) in [5, 5.41) is 0. The molecule has 1 aliphatic carbocycles. The van der Waals surface area contributed by atoms with E-state index in [9.17, 15) is 9.59 Å². The van der Waals surface area contributed by atoms with E-state index in [1.54, 1.807) is 24.3 Å². The van der Waals surface area contributed by atoms with Crippen molar-refractivity contribution in [3.05, 3.63) is 148 Å². The summed E-state index contributed by atoms with van der Waals surface area (Å²) in [6.07, 6.45) is 1.73. The Bertz CT molecular complexity index is 2000. The molecule has 1 heterocycles. The summed E-state index contributed by atoms with van der Waals surface area (Å²) in [4.78, 5) is 28.8. The zero-order valence-electron chi connectivity index (χ0n) is 24.7. The average Bonchev–Trinajstić information content (AvgIpc) is 3.22. The van der Waals surface area contributed by atoms with Crippen molar-refractivity contribution in [2.75, 3.05) is 4.90 Å². The predicted molar refractivity (Wildman–Crippen MR) is 177 cm³/mol. The molecule has 7 rings (SSSR count). The molecule has 43 heavy (non-hydrogen) atoms. The molecular formula is C39H30BNO2. The molecule has 5 aromatic carbocycles. The SMILES string of the molecule is [B]c1ccc2c(c1)C(=O)/C(=C\c1ccc3c(c1)C(C)(C)c1cc(-c4c(C)cccc4C)ccc1N3c1ccccc1)C2=O. The Morgan fingerprint density at radius 2 is 1.33 bits per heavy atom. The molecule has 5 aromatic rings. The second kappa shape index (κ2) is 9.81. The van der Waals surface area contributed by atoms with Crippen molar-refractivity contribution in [1.82, 2.24) is 0 Å². The molecule has 0 aromatic heterocycles. The van der Waals surface area contributed by atoms with Crippen LogP contribution >= 0.6 is 0 Å². The molecule has 1 aliphatic heterocycles. The number of allylic oxidation sites excluding steroid dienone is 1. The molecule has 0 amide bonds. The summed E-state index contributed by atoms with van der Waals surface area (Å²) >= 11 is 0. The third-order valence-corrected chi connectivity index (χ3v) is 8.96. The fourth-order valence-electron chi connectivity index (χ4n) is 6.76. The highest BCUT2D eigenvalue weighted by molar-refractivity contribution is 6.43. The van der Waals surface area contributed by atoms with Crippen LogP contribution in [0.4, 0.5) is 17.1 Å². The summed E-state index contributed by atoms with van der Waals surface area (Å²) in [5.74, 6) is -0.537. The van der Waals surface area contributed by atoms with E-state index in [2.05, 4.69) is 105 Å². The average molecular weight is 555 g/mol. The second-order valence-electron chi connectivity index (χ2n) is 12.1. The van der Waals surface area contributed by atoms with Gasteiger partial charge in [0, 0.05) is 22.2 Å². The highest BCUT2D eigenvalue weighted by Gasteiger charge is 2.38. The summed E-state index contributed by atoms with van der Waals surface area (Å²) < 4.78 is 0. The van der Waals surface area contributed by atoms with Gasteiger partial charge >= 0.3 is 0 Å². The number of rotatable bonds is 3. The van der Waals surface area contributed by atoms with Gasteiger partial charge in [-0.05, 0) is 95.3 Å². The number of anilines is 3. The van der Waals surface area contributed by atoms with E-state index in [0.717, 1.165) is 28.2 Å². The lowest BCUT2D eigenvalue weighted by molar-refractivity contribution is 0.0990. The molecule has 3 nitrogen and oxygen atoms in total. The van der Waals surface area contributed by atoms with Crippen LogP contribution in [0.15, 0.2) is 109 Å². The highest BCUT2D eigenvalue weighted by Crippen LogP contribution is 2.53. The largest absolute Gasteiger partial charge is 0.310 e. The van der Waals surface area contributed by atoms with Gasteiger partial charge in [-0.25, -0.2) is 0 Å².